The van der Waals surface area contributed by atoms with Crippen LogP contribution in [0.4, 0.5) is 0 Å². The second kappa shape index (κ2) is 4.01. The van der Waals surface area contributed by atoms with Crippen LogP contribution in [0.2, 0.25) is 0 Å². The number of rotatable bonds is 2. The molecule has 0 saturated carbocycles. The highest BCUT2D eigenvalue weighted by molar-refractivity contribution is 7.09. The maximum absolute atomic E-state index is 11.6. The summed E-state index contributed by atoms with van der Waals surface area (Å²) in [4.78, 5) is 37.7. The Morgan fingerprint density at radius 3 is 2.88 bits per heavy atom. The Hall–Kier alpha value is -1.76. The van der Waals surface area contributed by atoms with Gasteiger partial charge in [0.15, 0.2) is 0 Å². The van der Waals surface area contributed by atoms with Crippen molar-refractivity contribution in [1.82, 2.24) is 15.6 Å². The minimum absolute atomic E-state index is 0.00626. The van der Waals surface area contributed by atoms with Crippen LogP contribution in [0.3, 0.4) is 0 Å². The van der Waals surface area contributed by atoms with Crippen molar-refractivity contribution in [3.63, 3.8) is 0 Å². The molecule has 1 unspecified atom stereocenters. The number of thiazole rings is 1. The summed E-state index contributed by atoms with van der Waals surface area (Å²) in [6.07, 6.45) is -0.00626. The molecular formula is C9H9N3O3S. The first kappa shape index (κ1) is 10.7. The van der Waals surface area contributed by atoms with Gasteiger partial charge in [0.25, 0.3) is 5.91 Å². The number of hydrogen-bond acceptors (Lipinski definition) is 5. The van der Waals surface area contributed by atoms with Gasteiger partial charge in [-0.3, -0.25) is 19.7 Å². The first-order valence-corrected chi connectivity index (χ1v) is 5.51. The smallest absolute Gasteiger partial charge is 0.271 e. The molecule has 1 aliphatic heterocycles. The Morgan fingerprint density at radius 1 is 1.62 bits per heavy atom. The van der Waals surface area contributed by atoms with Gasteiger partial charge in [0.05, 0.1) is 11.4 Å². The molecule has 0 bridgehead atoms. The van der Waals surface area contributed by atoms with Crippen molar-refractivity contribution in [1.29, 1.82) is 0 Å². The third-order valence-corrected chi connectivity index (χ3v) is 2.90. The number of hydrogen-bond donors (Lipinski definition) is 2. The number of carbonyl (C=O) groups excluding carboxylic acids is 3. The van der Waals surface area contributed by atoms with Crippen molar-refractivity contribution < 1.29 is 14.4 Å². The van der Waals surface area contributed by atoms with Crippen LogP contribution in [0.15, 0.2) is 5.38 Å². The maximum atomic E-state index is 11.6. The Bertz CT molecular complexity index is 468. The number of aromatic nitrogens is 1. The number of nitrogens with zero attached hydrogens (tertiary/aromatic N) is 1. The van der Waals surface area contributed by atoms with Gasteiger partial charge in [-0.15, -0.1) is 11.3 Å². The van der Waals surface area contributed by atoms with E-state index in [2.05, 4.69) is 15.6 Å². The van der Waals surface area contributed by atoms with Crippen LogP contribution < -0.4 is 10.6 Å². The molecule has 3 amide bonds. The number of carbonyl (C=O) groups is 3. The molecule has 1 aliphatic rings. The molecule has 2 N–H and O–H groups in total. The molecule has 1 aromatic heterocycles. The van der Waals surface area contributed by atoms with Crippen LogP contribution in [0.1, 0.15) is 21.9 Å². The highest BCUT2D eigenvalue weighted by Crippen LogP contribution is 2.09. The average molecular weight is 239 g/mol. The predicted molar refractivity (Wildman–Crippen MR) is 55.9 cm³/mol. The van der Waals surface area contributed by atoms with E-state index in [1.807, 2.05) is 0 Å². The molecule has 1 saturated heterocycles. The molecular weight excluding hydrogens is 230 g/mol. The van der Waals surface area contributed by atoms with Crippen LogP contribution in [0, 0.1) is 6.92 Å². The predicted octanol–water partition coefficient (Wildman–Crippen LogP) is -0.404. The number of aryl methyl sites for hydroxylation is 1. The van der Waals surface area contributed by atoms with E-state index in [-0.39, 0.29) is 18.0 Å². The topological polar surface area (TPSA) is 88.2 Å². The summed E-state index contributed by atoms with van der Waals surface area (Å²) in [6, 6.07) is -0.776. The zero-order valence-electron chi connectivity index (χ0n) is 8.44. The molecule has 0 aromatic carbocycles. The third kappa shape index (κ3) is 2.08. The van der Waals surface area contributed by atoms with Gasteiger partial charge in [0.1, 0.15) is 11.7 Å². The molecule has 2 heterocycles. The van der Waals surface area contributed by atoms with Crippen molar-refractivity contribution in [2.24, 2.45) is 0 Å². The number of nitrogens with one attached hydrogen (secondary N) is 2. The van der Waals surface area contributed by atoms with Gasteiger partial charge in [0, 0.05) is 5.38 Å². The molecule has 0 aliphatic carbocycles. The summed E-state index contributed by atoms with van der Waals surface area (Å²) in [6.45, 7) is 1.78. The van der Waals surface area contributed by atoms with Crippen LogP contribution in [0.25, 0.3) is 0 Å². The quantitative estimate of drug-likeness (QED) is 0.687. The normalized spacial score (nSPS) is 19.7. The van der Waals surface area contributed by atoms with Gasteiger partial charge in [-0.2, -0.15) is 0 Å². The van der Waals surface area contributed by atoms with Crippen molar-refractivity contribution in [2.75, 3.05) is 0 Å². The summed E-state index contributed by atoms with van der Waals surface area (Å²) in [5, 5.41) is 6.97. The number of amides is 3. The van der Waals surface area contributed by atoms with Gasteiger partial charge in [-0.1, -0.05) is 0 Å². The minimum atomic E-state index is -0.776. The van der Waals surface area contributed by atoms with Crippen molar-refractivity contribution in [3.8, 4) is 0 Å². The Kier molecular flexibility index (Phi) is 2.69. The minimum Gasteiger partial charge on any atom is -0.338 e. The van der Waals surface area contributed by atoms with E-state index in [4.69, 9.17) is 0 Å². The van der Waals surface area contributed by atoms with E-state index in [1.54, 1.807) is 12.3 Å². The molecule has 0 spiro atoms. The first-order chi connectivity index (χ1) is 7.56. The summed E-state index contributed by atoms with van der Waals surface area (Å²) in [5.41, 5.74) is 0.273. The highest BCUT2D eigenvalue weighted by atomic mass is 32.1. The van der Waals surface area contributed by atoms with Gasteiger partial charge in [0.2, 0.25) is 11.8 Å². The largest absolute Gasteiger partial charge is 0.338 e. The van der Waals surface area contributed by atoms with Gasteiger partial charge in [-0.05, 0) is 6.92 Å². The zero-order valence-corrected chi connectivity index (χ0v) is 9.26. The lowest BCUT2D eigenvalue weighted by molar-refractivity contribution is -0.125. The summed E-state index contributed by atoms with van der Waals surface area (Å²) < 4.78 is 0. The molecule has 1 fully saturated rings. The maximum Gasteiger partial charge on any atom is 0.271 e. The van der Waals surface area contributed by atoms with E-state index >= 15 is 0 Å². The molecule has 0 radical (unpaired) electrons. The molecule has 6 nitrogen and oxygen atoms in total. The van der Waals surface area contributed by atoms with E-state index in [0.717, 1.165) is 5.01 Å². The van der Waals surface area contributed by atoms with Crippen molar-refractivity contribution in [3.05, 3.63) is 16.1 Å². The lowest BCUT2D eigenvalue weighted by atomic mass is 10.2. The van der Waals surface area contributed by atoms with E-state index in [1.165, 1.54) is 11.3 Å². The molecule has 84 valence electrons. The average Bonchev–Trinajstić information content (AvgIpc) is 2.74. The van der Waals surface area contributed by atoms with E-state index in [9.17, 15) is 14.4 Å². The van der Waals surface area contributed by atoms with Crippen LogP contribution in [-0.2, 0) is 9.59 Å². The molecule has 7 heteroatoms. The van der Waals surface area contributed by atoms with Crippen molar-refractivity contribution in [2.45, 2.75) is 19.4 Å². The zero-order chi connectivity index (χ0) is 11.7. The summed E-state index contributed by atoms with van der Waals surface area (Å²) >= 11 is 1.35. The highest BCUT2D eigenvalue weighted by Gasteiger charge is 2.32. The Labute approximate surface area is 95.1 Å². The molecule has 1 aromatic rings. The van der Waals surface area contributed by atoms with Crippen LogP contribution >= 0.6 is 11.3 Å². The fourth-order valence-electron chi connectivity index (χ4n) is 1.37. The lowest BCUT2D eigenvalue weighted by Gasteiger charge is -2.06. The first-order valence-electron chi connectivity index (χ1n) is 4.63. The van der Waals surface area contributed by atoms with E-state index < -0.39 is 17.9 Å². The molecule has 16 heavy (non-hydrogen) atoms. The fourth-order valence-corrected chi connectivity index (χ4v) is 1.96. The molecule has 2 rings (SSSR count). The number of imide groups is 1. The van der Waals surface area contributed by atoms with Gasteiger partial charge >= 0.3 is 0 Å². The summed E-state index contributed by atoms with van der Waals surface area (Å²) in [7, 11) is 0. The van der Waals surface area contributed by atoms with Gasteiger partial charge < -0.3 is 5.32 Å². The van der Waals surface area contributed by atoms with Gasteiger partial charge in [-0.25, -0.2) is 4.98 Å². The van der Waals surface area contributed by atoms with Crippen LogP contribution in [0.5, 0.6) is 0 Å². The standard InChI is InChI=1S/C9H9N3O3S/c1-4-10-6(3-16-4)9(15)11-5-2-7(13)12-8(5)14/h3,5H,2H2,1H3,(H,11,15)(H,12,13,14). The second-order valence-corrected chi connectivity index (χ2v) is 4.46. The Morgan fingerprint density at radius 2 is 2.38 bits per heavy atom. The second-order valence-electron chi connectivity index (χ2n) is 3.39. The Balaban J connectivity index is 2.03. The van der Waals surface area contributed by atoms with Crippen molar-refractivity contribution >= 4 is 29.1 Å². The lowest BCUT2D eigenvalue weighted by Crippen LogP contribution is -2.40. The third-order valence-electron chi connectivity index (χ3n) is 2.13. The monoisotopic (exact) mass is 239 g/mol. The molecule has 1 atom stereocenters. The van der Waals surface area contributed by atoms with E-state index in [0.29, 0.717) is 0 Å². The summed E-state index contributed by atoms with van der Waals surface area (Å²) in [5.74, 6) is -1.27. The SMILES string of the molecule is Cc1nc(C(=O)NC2CC(=O)NC2=O)cs1. The van der Waals surface area contributed by atoms with Crippen LogP contribution in [-0.4, -0.2) is 28.7 Å². The fraction of sp³-hybridized carbons (Fsp3) is 0.333.